The van der Waals surface area contributed by atoms with Crippen molar-refractivity contribution >= 4 is 5.91 Å². The largest absolute Gasteiger partial charge is 0.355 e. The Hall–Kier alpha value is -1.35. The maximum atomic E-state index is 11.4. The monoisotopic (exact) mass is 260 g/mol. The van der Waals surface area contributed by atoms with E-state index in [1.165, 1.54) is 31.2 Å². The molecule has 0 radical (unpaired) electrons. The van der Waals surface area contributed by atoms with E-state index < -0.39 is 0 Å². The van der Waals surface area contributed by atoms with Crippen LogP contribution < -0.4 is 10.6 Å². The van der Waals surface area contributed by atoms with E-state index in [4.69, 9.17) is 0 Å². The van der Waals surface area contributed by atoms with Crippen LogP contribution in [0.15, 0.2) is 24.3 Å². The number of hydrogen-bond donors (Lipinski definition) is 2. The van der Waals surface area contributed by atoms with Crippen molar-refractivity contribution in [1.29, 1.82) is 0 Å². The molecule has 1 fully saturated rings. The Morgan fingerprint density at radius 2 is 1.89 bits per heavy atom. The van der Waals surface area contributed by atoms with E-state index >= 15 is 0 Å². The van der Waals surface area contributed by atoms with E-state index in [1.807, 2.05) is 24.3 Å². The summed E-state index contributed by atoms with van der Waals surface area (Å²) in [5.74, 6) is 0.749. The molecule has 0 aromatic heterocycles. The van der Waals surface area contributed by atoms with Crippen LogP contribution in [0.4, 0.5) is 0 Å². The number of rotatable bonds is 4. The molecule has 1 saturated carbocycles. The summed E-state index contributed by atoms with van der Waals surface area (Å²) in [7, 11) is 1.66. The van der Waals surface area contributed by atoms with Crippen LogP contribution in [0.3, 0.4) is 0 Å². The molecule has 0 aliphatic heterocycles. The van der Waals surface area contributed by atoms with Crippen molar-refractivity contribution in [2.75, 3.05) is 7.05 Å². The number of benzene rings is 1. The maximum Gasteiger partial charge on any atom is 0.251 e. The van der Waals surface area contributed by atoms with Gasteiger partial charge in [-0.3, -0.25) is 4.79 Å². The Morgan fingerprint density at radius 3 is 2.53 bits per heavy atom. The predicted molar refractivity (Wildman–Crippen MR) is 78.1 cm³/mol. The van der Waals surface area contributed by atoms with Gasteiger partial charge >= 0.3 is 0 Å². The van der Waals surface area contributed by atoms with Gasteiger partial charge in [0, 0.05) is 25.2 Å². The Labute approximate surface area is 115 Å². The molecule has 104 valence electrons. The van der Waals surface area contributed by atoms with Crippen LogP contribution in [-0.2, 0) is 6.54 Å². The SMILES string of the molecule is CNC(=O)c1ccc(CNC2CCCCC2C)cc1. The van der Waals surface area contributed by atoms with Gasteiger partial charge in [-0.1, -0.05) is 31.9 Å². The van der Waals surface area contributed by atoms with Crippen molar-refractivity contribution in [2.24, 2.45) is 5.92 Å². The third-order valence-electron chi connectivity index (χ3n) is 4.12. The maximum absolute atomic E-state index is 11.4. The Bertz CT molecular complexity index is 413. The Balaban J connectivity index is 1.87. The lowest BCUT2D eigenvalue weighted by atomic mass is 9.86. The number of carbonyl (C=O) groups is 1. The molecule has 0 spiro atoms. The zero-order valence-electron chi connectivity index (χ0n) is 11.9. The van der Waals surface area contributed by atoms with Crippen molar-refractivity contribution in [3.8, 4) is 0 Å². The predicted octanol–water partition coefficient (Wildman–Crippen LogP) is 2.71. The molecule has 2 unspecified atom stereocenters. The zero-order valence-corrected chi connectivity index (χ0v) is 11.9. The number of amides is 1. The molecule has 1 aromatic rings. The molecule has 3 heteroatoms. The number of hydrogen-bond acceptors (Lipinski definition) is 2. The summed E-state index contributed by atoms with van der Waals surface area (Å²) in [5.41, 5.74) is 1.96. The van der Waals surface area contributed by atoms with Crippen molar-refractivity contribution < 1.29 is 4.79 Å². The van der Waals surface area contributed by atoms with Crippen LogP contribution in [0.5, 0.6) is 0 Å². The normalized spacial score (nSPS) is 23.1. The third-order valence-corrected chi connectivity index (χ3v) is 4.12. The standard InChI is InChI=1S/C16H24N2O/c1-12-5-3-4-6-15(12)18-11-13-7-9-14(10-8-13)16(19)17-2/h7-10,12,15,18H,3-6,11H2,1-2H3,(H,17,19). The molecular weight excluding hydrogens is 236 g/mol. The molecule has 1 amide bonds. The first kappa shape index (κ1) is 14.1. The summed E-state index contributed by atoms with van der Waals surface area (Å²) in [6, 6.07) is 8.49. The molecule has 0 heterocycles. The lowest BCUT2D eigenvalue weighted by Crippen LogP contribution is -2.36. The van der Waals surface area contributed by atoms with Gasteiger partial charge in [0.2, 0.25) is 0 Å². The van der Waals surface area contributed by atoms with E-state index in [9.17, 15) is 4.79 Å². The van der Waals surface area contributed by atoms with Crippen LogP contribution in [0.2, 0.25) is 0 Å². The Kier molecular flexibility index (Phi) is 4.97. The first-order valence-electron chi connectivity index (χ1n) is 7.25. The molecule has 2 atom stereocenters. The number of nitrogens with one attached hydrogen (secondary N) is 2. The fraction of sp³-hybridized carbons (Fsp3) is 0.562. The topological polar surface area (TPSA) is 41.1 Å². The molecule has 19 heavy (non-hydrogen) atoms. The van der Waals surface area contributed by atoms with Crippen molar-refractivity contribution in [3.05, 3.63) is 35.4 Å². The second-order valence-corrected chi connectivity index (χ2v) is 5.53. The fourth-order valence-corrected chi connectivity index (χ4v) is 2.79. The molecule has 2 N–H and O–H groups in total. The lowest BCUT2D eigenvalue weighted by Gasteiger charge is -2.29. The van der Waals surface area contributed by atoms with E-state index in [0.717, 1.165) is 18.0 Å². The molecular formula is C16H24N2O. The summed E-state index contributed by atoms with van der Waals surface area (Å²) in [6.45, 7) is 3.23. The molecule has 1 aliphatic carbocycles. The van der Waals surface area contributed by atoms with Crippen LogP contribution in [-0.4, -0.2) is 19.0 Å². The van der Waals surface area contributed by atoms with Gasteiger partial charge in [0.1, 0.15) is 0 Å². The van der Waals surface area contributed by atoms with E-state index in [1.54, 1.807) is 7.05 Å². The van der Waals surface area contributed by atoms with Gasteiger partial charge in [-0.2, -0.15) is 0 Å². The number of carbonyl (C=O) groups excluding carboxylic acids is 1. The highest BCUT2D eigenvalue weighted by molar-refractivity contribution is 5.93. The molecule has 1 aliphatic rings. The molecule has 2 rings (SSSR count). The highest BCUT2D eigenvalue weighted by atomic mass is 16.1. The summed E-state index contributed by atoms with van der Waals surface area (Å²) in [6.07, 6.45) is 5.35. The summed E-state index contributed by atoms with van der Waals surface area (Å²) >= 11 is 0. The smallest absolute Gasteiger partial charge is 0.251 e. The van der Waals surface area contributed by atoms with Crippen molar-refractivity contribution in [3.63, 3.8) is 0 Å². The molecule has 0 bridgehead atoms. The zero-order chi connectivity index (χ0) is 13.7. The molecule has 0 saturated heterocycles. The first-order valence-corrected chi connectivity index (χ1v) is 7.25. The second kappa shape index (κ2) is 6.71. The van der Waals surface area contributed by atoms with Crippen LogP contribution in [0, 0.1) is 5.92 Å². The molecule has 3 nitrogen and oxygen atoms in total. The van der Waals surface area contributed by atoms with E-state index in [2.05, 4.69) is 17.6 Å². The van der Waals surface area contributed by atoms with Crippen molar-refractivity contribution in [2.45, 2.75) is 45.2 Å². The minimum Gasteiger partial charge on any atom is -0.355 e. The van der Waals surface area contributed by atoms with Gasteiger partial charge in [0.15, 0.2) is 0 Å². The average molecular weight is 260 g/mol. The second-order valence-electron chi connectivity index (χ2n) is 5.53. The van der Waals surface area contributed by atoms with Gasteiger partial charge in [-0.15, -0.1) is 0 Å². The summed E-state index contributed by atoms with van der Waals surface area (Å²) in [4.78, 5) is 11.4. The fourth-order valence-electron chi connectivity index (χ4n) is 2.79. The molecule has 1 aromatic carbocycles. The highest BCUT2D eigenvalue weighted by Gasteiger charge is 2.20. The highest BCUT2D eigenvalue weighted by Crippen LogP contribution is 2.23. The summed E-state index contributed by atoms with van der Waals surface area (Å²) < 4.78 is 0. The minimum atomic E-state index is -0.0274. The van der Waals surface area contributed by atoms with E-state index in [-0.39, 0.29) is 5.91 Å². The van der Waals surface area contributed by atoms with Gasteiger partial charge < -0.3 is 10.6 Å². The van der Waals surface area contributed by atoms with Gasteiger partial charge in [0.25, 0.3) is 5.91 Å². The van der Waals surface area contributed by atoms with E-state index in [0.29, 0.717) is 6.04 Å². The van der Waals surface area contributed by atoms with Crippen LogP contribution >= 0.6 is 0 Å². The van der Waals surface area contributed by atoms with Crippen LogP contribution in [0.25, 0.3) is 0 Å². The average Bonchev–Trinajstić information content (AvgIpc) is 2.46. The van der Waals surface area contributed by atoms with Gasteiger partial charge in [-0.25, -0.2) is 0 Å². The van der Waals surface area contributed by atoms with Gasteiger partial charge in [0.05, 0.1) is 0 Å². The van der Waals surface area contributed by atoms with Crippen molar-refractivity contribution in [1.82, 2.24) is 10.6 Å². The van der Waals surface area contributed by atoms with Gasteiger partial charge in [-0.05, 0) is 36.5 Å². The lowest BCUT2D eigenvalue weighted by molar-refractivity contribution is 0.0963. The first-order chi connectivity index (χ1) is 9.20. The third kappa shape index (κ3) is 3.80. The summed E-state index contributed by atoms with van der Waals surface area (Å²) in [5, 5.41) is 6.29. The quantitative estimate of drug-likeness (QED) is 0.874. The minimum absolute atomic E-state index is 0.0274. The Morgan fingerprint density at radius 1 is 1.21 bits per heavy atom. The van der Waals surface area contributed by atoms with Crippen LogP contribution in [0.1, 0.15) is 48.5 Å².